The predicted octanol–water partition coefficient (Wildman–Crippen LogP) is 2.91. The molecule has 0 aliphatic carbocycles. The number of halogens is 2. The Bertz CT molecular complexity index is 453. The molecule has 0 radical (unpaired) electrons. The summed E-state index contributed by atoms with van der Waals surface area (Å²) < 4.78 is 0.977. The van der Waals surface area contributed by atoms with Crippen molar-refractivity contribution < 1.29 is 4.79 Å². The number of hydrogen-bond donors (Lipinski definition) is 2. The normalized spacial score (nSPS) is 22.5. The first-order chi connectivity index (χ1) is 8.59. The number of benzene rings is 1. The van der Waals surface area contributed by atoms with Gasteiger partial charge in [0.1, 0.15) is 0 Å². The number of rotatable bonds is 2. The molecule has 2 atom stereocenters. The number of nitrogens with one attached hydrogen (secondary N) is 2. The molecule has 1 aliphatic heterocycles. The summed E-state index contributed by atoms with van der Waals surface area (Å²) >= 11 is 3.46. The molecular formula is C14H20BrClN2O. The fourth-order valence-corrected chi connectivity index (χ4v) is 2.65. The van der Waals surface area contributed by atoms with Gasteiger partial charge in [-0.1, -0.05) is 28.9 Å². The van der Waals surface area contributed by atoms with Crippen molar-refractivity contribution in [3.63, 3.8) is 0 Å². The van der Waals surface area contributed by atoms with Crippen LogP contribution in [0.25, 0.3) is 0 Å². The predicted molar refractivity (Wildman–Crippen MR) is 84.0 cm³/mol. The smallest absolute Gasteiger partial charge is 0.251 e. The summed E-state index contributed by atoms with van der Waals surface area (Å²) in [7, 11) is 0. The quantitative estimate of drug-likeness (QED) is 0.863. The summed E-state index contributed by atoms with van der Waals surface area (Å²) in [6, 6.07) is 5.95. The lowest BCUT2D eigenvalue weighted by atomic mass is 9.94. The average molecular weight is 348 g/mol. The van der Waals surface area contributed by atoms with Crippen molar-refractivity contribution in [2.24, 2.45) is 5.92 Å². The molecule has 3 nitrogen and oxygen atoms in total. The van der Waals surface area contributed by atoms with Gasteiger partial charge in [0, 0.05) is 22.6 Å². The van der Waals surface area contributed by atoms with Gasteiger partial charge in [-0.3, -0.25) is 4.79 Å². The van der Waals surface area contributed by atoms with Crippen LogP contribution in [0.15, 0.2) is 22.7 Å². The Kier molecular flexibility index (Phi) is 6.30. The van der Waals surface area contributed by atoms with E-state index in [2.05, 4.69) is 33.5 Å². The highest BCUT2D eigenvalue weighted by molar-refractivity contribution is 9.10. The first-order valence-corrected chi connectivity index (χ1v) is 7.15. The van der Waals surface area contributed by atoms with E-state index >= 15 is 0 Å². The van der Waals surface area contributed by atoms with Crippen molar-refractivity contribution in [1.82, 2.24) is 10.6 Å². The molecule has 0 bridgehead atoms. The van der Waals surface area contributed by atoms with Gasteiger partial charge in [-0.2, -0.15) is 0 Å². The van der Waals surface area contributed by atoms with Crippen LogP contribution in [0.4, 0.5) is 0 Å². The van der Waals surface area contributed by atoms with E-state index in [1.54, 1.807) is 0 Å². The van der Waals surface area contributed by atoms with E-state index in [-0.39, 0.29) is 24.4 Å². The van der Waals surface area contributed by atoms with Crippen LogP contribution in [0.2, 0.25) is 0 Å². The number of carbonyl (C=O) groups excluding carboxylic acids is 1. The molecule has 1 heterocycles. The van der Waals surface area contributed by atoms with Crippen LogP contribution in [-0.2, 0) is 0 Å². The van der Waals surface area contributed by atoms with Gasteiger partial charge in [-0.25, -0.2) is 0 Å². The second kappa shape index (κ2) is 7.27. The molecule has 5 heteroatoms. The summed E-state index contributed by atoms with van der Waals surface area (Å²) in [6.45, 7) is 6.06. The van der Waals surface area contributed by atoms with Crippen molar-refractivity contribution in [3.8, 4) is 0 Å². The summed E-state index contributed by atoms with van der Waals surface area (Å²) in [4.78, 5) is 12.3. The molecule has 1 aliphatic rings. The maximum absolute atomic E-state index is 12.3. The Morgan fingerprint density at radius 3 is 2.89 bits per heavy atom. The van der Waals surface area contributed by atoms with Gasteiger partial charge in [0.25, 0.3) is 5.91 Å². The molecule has 1 aromatic rings. The third-order valence-corrected chi connectivity index (χ3v) is 4.52. The SMILES string of the molecule is Cc1c(Br)cccc1C(=O)NC1CNCCC1C.Cl. The van der Waals surface area contributed by atoms with E-state index in [0.29, 0.717) is 5.92 Å². The minimum atomic E-state index is 0. The monoisotopic (exact) mass is 346 g/mol. The lowest BCUT2D eigenvalue weighted by Crippen LogP contribution is -2.50. The molecule has 0 aromatic heterocycles. The van der Waals surface area contributed by atoms with Crippen LogP contribution in [0.5, 0.6) is 0 Å². The molecule has 106 valence electrons. The van der Waals surface area contributed by atoms with Crippen LogP contribution in [-0.4, -0.2) is 25.0 Å². The van der Waals surface area contributed by atoms with Crippen LogP contribution >= 0.6 is 28.3 Å². The highest BCUT2D eigenvalue weighted by Crippen LogP contribution is 2.20. The Morgan fingerprint density at radius 2 is 2.21 bits per heavy atom. The minimum Gasteiger partial charge on any atom is -0.348 e. The Morgan fingerprint density at radius 1 is 1.47 bits per heavy atom. The molecule has 1 aromatic carbocycles. The van der Waals surface area contributed by atoms with Crippen LogP contribution in [0.3, 0.4) is 0 Å². The molecule has 0 saturated carbocycles. The zero-order chi connectivity index (χ0) is 13.1. The number of piperidine rings is 1. The largest absolute Gasteiger partial charge is 0.348 e. The van der Waals surface area contributed by atoms with Crippen molar-refractivity contribution in [2.75, 3.05) is 13.1 Å². The molecule has 2 N–H and O–H groups in total. The third kappa shape index (κ3) is 3.94. The van der Waals surface area contributed by atoms with E-state index in [1.165, 1.54) is 0 Å². The second-order valence-electron chi connectivity index (χ2n) is 4.96. The van der Waals surface area contributed by atoms with E-state index in [4.69, 9.17) is 0 Å². The summed E-state index contributed by atoms with van der Waals surface area (Å²) in [5, 5.41) is 6.45. The molecule has 2 unspecified atom stereocenters. The topological polar surface area (TPSA) is 41.1 Å². The van der Waals surface area contributed by atoms with Crippen LogP contribution < -0.4 is 10.6 Å². The second-order valence-corrected chi connectivity index (χ2v) is 5.82. The Hall–Kier alpha value is -0.580. The highest BCUT2D eigenvalue weighted by atomic mass is 79.9. The number of hydrogen-bond acceptors (Lipinski definition) is 2. The summed E-state index contributed by atoms with van der Waals surface area (Å²) in [6.07, 6.45) is 1.11. The number of amides is 1. The zero-order valence-electron chi connectivity index (χ0n) is 11.2. The van der Waals surface area contributed by atoms with E-state index in [9.17, 15) is 4.79 Å². The van der Waals surface area contributed by atoms with Crippen molar-refractivity contribution in [2.45, 2.75) is 26.3 Å². The first kappa shape index (κ1) is 16.5. The molecular weight excluding hydrogens is 328 g/mol. The first-order valence-electron chi connectivity index (χ1n) is 6.36. The van der Waals surface area contributed by atoms with E-state index < -0.39 is 0 Å². The van der Waals surface area contributed by atoms with Gasteiger partial charge < -0.3 is 10.6 Å². The van der Waals surface area contributed by atoms with Gasteiger partial charge in [-0.15, -0.1) is 12.4 Å². The Balaban J connectivity index is 0.00000180. The van der Waals surface area contributed by atoms with Gasteiger partial charge in [0.15, 0.2) is 0 Å². The summed E-state index contributed by atoms with van der Waals surface area (Å²) in [5.41, 5.74) is 1.74. The fourth-order valence-electron chi connectivity index (χ4n) is 2.28. The van der Waals surface area contributed by atoms with Crippen molar-refractivity contribution in [1.29, 1.82) is 0 Å². The molecule has 1 fully saturated rings. The number of carbonyl (C=O) groups is 1. The molecule has 1 amide bonds. The third-order valence-electron chi connectivity index (χ3n) is 3.66. The molecule has 0 spiro atoms. The molecule has 1 saturated heterocycles. The van der Waals surface area contributed by atoms with E-state index in [1.807, 2.05) is 25.1 Å². The van der Waals surface area contributed by atoms with Crippen LogP contribution in [0.1, 0.15) is 29.3 Å². The lowest BCUT2D eigenvalue weighted by Gasteiger charge is -2.30. The summed E-state index contributed by atoms with van der Waals surface area (Å²) in [5.74, 6) is 0.553. The zero-order valence-corrected chi connectivity index (χ0v) is 13.6. The van der Waals surface area contributed by atoms with Gasteiger partial charge in [0.2, 0.25) is 0 Å². The fraction of sp³-hybridized carbons (Fsp3) is 0.500. The molecule has 19 heavy (non-hydrogen) atoms. The van der Waals surface area contributed by atoms with Crippen molar-refractivity contribution >= 4 is 34.2 Å². The minimum absolute atomic E-state index is 0. The lowest BCUT2D eigenvalue weighted by molar-refractivity contribution is 0.0914. The average Bonchev–Trinajstić information content (AvgIpc) is 2.35. The standard InChI is InChI=1S/C14H19BrN2O.ClH/c1-9-6-7-16-8-13(9)17-14(18)11-4-3-5-12(15)10(11)2;/h3-5,9,13,16H,6-8H2,1-2H3,(H,17,18);1H. The Labute approximate surface area is 129 Å². The molecule has 2 rings (SSSR count). The maximum Gasteiger partial charge on any atom is 0.251 e. The van der Waals surface area contributed by atoms with E-state index in [0.717, 1.165) is 35.1 Å². The van der Waals surface area contributed by atoms with Gasteiger partial charge in [-0.05, 0) is 43.5 Å². The van der Waals surface area contributed by atoms with Crippen LogP contribution in [0, 0.1) is 12.8 Å². The maximum atomic E-state index is 12.3. The van der Waals surface area contributed by atoms with Crippen molar-refractivity contribution in [3.05, 3.63) is 33.8 Å². The highest BCUT2D eigenvalue weighted by Gasteiger charge is 2.23. The van der Waals surface area contributed by atoms with Gasteiger partial charge in [0.05, 0.1) is 0 Å². The van der Waals surface area contributed by atoms with Gasteiger partial charge >= 0.3 is 0 Å².